The van der Waals surface area contributed by atoms with Crippen LogP contribution in [0.2, 0.25) is 5.02 Å². The Morgan fingerprint density at radius 3 is 2.29 bits per heavy atom. The molecule has 4 aromatic rings. The first kappa shape index (κ1) is 16.2. The second kappa shape index (κ2) is 6.21. The second-order valence-corrected chi connectivity index (χ2v) is 8.13. The summed E-state index contributed by atoms with van der Waals surface area (Å²) in [6.45, 7) is 0. The van der Waals surface area contributed by atoms with E-state index in [9.17, 15) is 5.11 Å². The summed E-state index contributed by atoms with van der Waals surface area (Å²) in [5.41, 5.74) is 1.84. The molecule has 0 saturated heterocycles. The van der Waals surface area contributed by atoms with E-state index < -0.39 is 0 Å². The first-order chi connectivity index (χ1) is 11.5. The van der Waals surface area contributed by atoms with Gasteiger partial charge in [0.05, 0.1) is 0 Å². The van der Waals surface area contributed by atoms with E-state index in [-0.39, 0.29) is 5.75 Å². The highest BCUT2D eigenvalue weighted by Crippen LogP contribution is 2.41. The van der Waals surface area contributed by atoms with Gasteiger partial charge >= 0.3 is 0 Å². The molecule has 0 aliphatic rings. The van der Waals surface area contributed by atoms with E-state index in [2.05, 4.69) is 56.7 Å². The first-order valence-corrected chi connectivity index (χ1v) is 9.59. The van der Waals surface area contributed by atoms with Gasteiger partial charge in [0.1, 0.15) is 5.75 Å². The Balaban J connectivity index is 2.19. The molecule has 0 spiro atoms. The highest BCUT2D eigenvalue weighted by atomic mass is 127. The third kappa shape index (κ3) is 2.68. The monoisotopic (exact) mass is 508 g/mol. The second-order valence-electron chi connectivity index (χ2n) is 5.61. The zero-order valence-electron chi connectivity index (χ0n) is 12.4. The summed E-state index contributed by atoms with van der Waals surface area (Å²) in [4.78, 5) is 0. The minimum atomic E-state index is 0.262. The molecular formula is C20H11BrClIO. The molecule has 0 amide bonds. The lowest BCUT2D eigenvalue weighted by Gasteiger charge is -2.13. The minimum Gasteiger partial charge on any atom is -0.507 e. The van der Waals surface area contributed by atoms with Crippen molar-refractivity contribution in [3.8, 4) is 16.9 Å². The zero-order valence-corrected chi connectivity index (χ0v) is 16.9. The van der Waals surface area contributed by atoms with E-state index in [1.807, 2.05) is 36.4 Å². The Bertz CT molecular complexity index is 1110. The summed E-state index contributed by atoms with van der Waals surface area (Å²) in [6.07, 6.45) is 0. The van der Waals surface area contributed by atoms with Gasteiger partial charge in [-0.15, -0.1) is 0 Å². The summed E-state index contributed by atoms with van der Waals surface area (Å²) in [7, 11) is 0. The summed E-state index contributed by atoms with van der Waals surface area (Å²) in [5.74, 6) is 0.262. The normalized spacial score (nSPS) is 11.3. The molecule has 0 unspecified atom stereocenters. The molecule has 0 saturated carbocycles. The van der Waals surface area contributed by atoms with Gasteiger partial charge in [-0.1, -0.05) is 51.8 Å². The van der Waals surface area contributed by atoms with E-state index >= 15 is 0 Å². The maximum Gasteiger partial charge on any atom is 0.124 e. The molecule has 4 rings (SSSR count). The molecular weight excluding hydrogens is 498 g/mol. The van der Waals surface area contributed by atoms with Crippen molar-refractivity contribution >= 4 is 71.7 Å². The molecule has 1 nitrogen and oxygen atoms in total. The SMILES string of the molecule is Oc1cc(Br)ccc1-c1cc2c(I)cc(Cl)cc2c2ccccc12. The number of fused-ring (bicyclic) bond motifs is 3. The third-order valence-corrected chi connectivity index (χ3v) is 5.74. The number of hydrogen-bond acceptors (Lipinski definition) is 1. The molecule has 0 atom stereocenters. The Morgan fingerprint density at radius 2 is 1.54 bits per heavy atom. The van der Waals surface area contributed by atoms with E-state index in [1.165, 1.54) is 0 Å². The molecule has 4 aromatic carbocycles. The number of phenolic OH excluding ortho intramolecular Hbond substituents is 1. The number of aromatic hydroxyl groups is 1. The van der Waals surface area contributed by atoms with Crippen molar-refractivity contribution < 1.29 is 5.11 Å². The largest absolute Gasteiger partial charge is 0.507 e. The lowest BCUT2D eigenvalue weighted by Crippen LogP contribution is -1.87. The quantitative estimate of drug-likeness (QED) is 0.210. The number of halogens is 3. The molecule has 0 heterocycles. The predicted molar refractivity (Wildman–Crippen MR) is 114 cm³/mol. The Kier molecular flexibility index (Phi) is 4.19. The fraction of sp³-hybridized carbons (Fsp3) is 0. The smallest absolute Gasteiger partial charge is 0.124 e. The van der Waals surface area contributed by atoms with Crippen molar-refractivity contribution in [1.29, 1.82) is 0 Å². The molecule has 0 aromatic heterocycles. The van der Waals surface area contributed by atoms with Crippen LogP contribution in [0.15, 0.2) is 65.1 Å². The van der Waals surface area contributed by atoms with Crippen LogP contribution in [0, 0.1) is 3.57 Å². The van der Waals surface area contributed by atoms with Crippen LogP contribution < -0.4 is 0 Å². The van der Waals surface area contributed by atoms with Crippen LogP contribution in [0.5, 0.6) is 5.75 Å². The van der Waals surface area contributed by atoms with E-state index in [4.69, 9.17) is 11.6 Å². The first-order valence-electron chi connectivity index (χ1n) is 7.34. The summed E-state index contributed by atoms with van der Waals surface area (Å²) in [6, 6.07) is 19.9. The van der Waals surface area contributed by atoms with Gasteiger partial charge < -0.3 is 5.11 Å². The number of rotatable bonds is 1. The maximum absolute atomic E-state index is 10.4. The number of benzene rings is 4. The van der Waals surface area contributed by atoms with Crippen molar-refractivity contribution in [1.82, 2.24) is 0 Å². The van der Waals surface area contributed by atoms with Crippen molar-refractivity contribution in [2.45, 2.75) is 0 Å². The topological polar surface area (TPSA) is 20.2 Å². The highest BCUT2D eigenvalue weighted by molar-refractivity contribution is 14.1. The van der Waals surface area contributed by atoms with Crippen molar-refractivity contribution in [2.75, 3.05) is 0 Å². The van der Waals surface area contributed by atoms with Crippen molar-refractivity contribution in [3.63, 3.8) is 0 Å². The van der Waals surface area contributed by atoms with Gasteiger partial charge in [-0.2, -0.15) is 0 Å². The average molecular weight is 510 g/mol. The summed E-state index contributed by atoms with van der Waals surface area (Å²) in [5, 5.41) is 15.7. The van der Waals surface area contributed by atoms with Crippen LogP contribution >= 0.6 is 50.1 Å². The van der Waals surface area contributed by atoms with E-state index in [1.54, 1.807) is 6.07 Å². The van der Waals surface area contributed by atoms with E-state index in [0.717, 1.165) is 45.7 Å². The number of hydrogen-bond donors (Lipinski definition) is 1. The molecule has 4 heteroatoms. The van der Waals surface area contributed by atoms with Gasteiger partial charge in [0.2, 0.25) is 0 Å². The maximum atomic E-state index is 10.4. The van der Waals surface area contributed by atoms with Crippen molar-refractivity contribution in [3.05, 3.63) is 73.7 Å². The molecule has 24 heavy (non-hydrogen) atoms. The van der Waals surface area contributed by atoms with Crippen LogP contribution in [0.3, 0.4) is 0 Å². The van der Waals surface area contributed by atoms with Crippen LogP contribution in [0.1, 0.15) is 0 Å². The van der Waals surface area contributed by atoms with Gasteiger partial charge in [-0.05, 0) is 86.1 Å². The standard InChI is InChI=1S/C20H11BrClIO/c21-11-5-6-15(20(24)7-11)17-10-18-16(8-12(22)9-19(18)23)13-3-1-2-4-14(13)17/h1-10,24H. The minimum absolute atomic E-state index is 0.262. The Hall–Kier alpha value is -1.30. The molecule has 1 N–H and O–H groups in total. The average Bonchev–Trinajstić information content (AvgIpc) is 2.55. The van der Waals surface area contributed by atoms with E-state index in [0.29, 0.717) is 0 Å². The number of phenols is 1. The van der Waals surface area contributed by atoms with Gasteiger partial charge in [-0.25, -0.2) is 0 Å². The van der Waals surface area contributed by atoms with Gasteiger partial charge in [0.15, 0.2) is 0 Å². The molecule has 0 radical (unpaired) electrons. The summed E-state index contributed by atoms with van der Waals surface area (Å²) >= 11 is 12.0. The summed E-state index contributed by atoms with van der Waals surface area (Å²) < 4.78 is 1.95. The Labute approximate surface area is 166 Å². The molecule has 118 valence electrons. The molecule has 0 aliphatic carbocycles. The molecule has 0 fully saturated rings. The predicted octanol–water partition coefficient (Wildman–Crippen LogP) is 7.39. The fourth-order valence-electron chi connectivity index (χ4n) is 3.08. The fourth-order valence-corrected chi connectivity index (χ4v) is 4.62. The van der Waals surface area contributed by atoms with Crippen LogP contribution in [-0.4, -0.2) is 5.11 Å². The lowest BCUT2D eigenvalue weighted by atomic mass is 9.93. The van der Waals surface area contributed by atoms with Crippen LogP contribution in [0.4, 0.5) is 0 Å². The van der Waals surface area contributed by atoms with Crippen LogP contribution in [0.25, 0.3) is 32.7 Å². The molecule has 0 bridgehead atoms. The van der Waals surface area contributed by atoms with Gasteiger partial charge in [0, 0.05) is 18.6 Å². The van der Waals surface area contributed by atoms with Gasteiger partial charge in [0.25, 0.3) is 0 Å². The third-order valence-electron chi connectivity index (χ3n) is 4.14. The lowest BCUT2D eigenvalue weighted by molar-refractivity contribution is 0.477. The Morgan fingerprint density at radius 1 is 0.792 bits per heavy atom. The van der Waals surface area contributed by atoms with Crippen LogP contribution in [-0.2, 0) is 0 Å². The van der Waals surface area contributed by atoms with Gasteiger partial charge in [-0.3, -0.25) is 0 Å². The van der Waals surface area contributed by atoms with Crippen molar-refractivity contribution in [2.24, 2.45) is 0 Å². The highest BCUT2D eigenvalue weighted by Gasteiger charge is 2.13. The zero-order chi connectivity index (χ0) is 16.8. The molecule has 0 aliphatic heterocycles.